The number of nitrogens with one attached hydrogen (secondary N) is 2. The second kappa shape index (κ2) is 7.92. The quantitative estimate of drug-likeness (QED) is 0.597. The van der Waals surface area contributed by atoms with Crippen LogP contribution in [0.3, 0.4) is 0 Å². The monoisotopic (exact) mass is 399 g/mol. The third-order valence-electron chi connectivity index (χ3n) is 4.74. The number of amides is 1. The van der Waals surface area contributed by atoms with Crippen LogP contribution in [0, 0.1) is 0 Å². The summed E-state index contributed by atoms with van der Waals surface area (Å²) in [5.41, 5.74) is 3.45. The third-order valence-corrected chi connectivity index (χ3v) is 4.74. The molecule has 152 valence electrons. The number of carbonyl (C=O) groups excluding carboxylic acids is 1. The zero-order chi connectivity index (χ0) is 20.4. The van der Waals surface area contributed by atoms with E-state index in [4.69, 9.17) is 23.9 Å². The Bertz CT molecular complexity index is 993. The van der Waals surface area contributed by atoms with E-state index in [0.29, 0.717) is 23.8 Å². The fraction of sp³-hybridized carbons (Fsp3) is 0.368. The summed E-state index contributed by atoms with van der Waals surface area (Å²) >= 11 is 0. The summed E-state index contributed by atoms with van der Waals surface area (Å²) in [5, 5.41) is 22.4. The largest absolute Gasteiger partial charge is 0.481 e. The average molecular weight is 399 g/mol. The Morgan fingerprint density at radius 3 is 3.00 bits per heavy atom. The van der Waals surface area contributed by atoms with Gasteiger partial charge >= 0.3 is 0 Å². The molecule has 3 aromatic heterocycles. The van der Waals surface area contributed by atoms with Gasteiger partial charge in [0.05, 0.1) is 23.2 Å². The van der Waals surface area contributed by atoms with Gasteiger partial charge in [0, 0.05) is 32.4 Å². The molecule has 0 aromatic carbocycles. The lowest BCUT2D eigenvalue weighted by atomic mass is 9.88. The Morgan fingerprint density at radius 1 is 1.41 bits per heavy atom. The fourth-order valence-corrected chi connectivity index (χ4v) is 3.57. The number of hydrogen-bond donors (Lipinski definition) is 3. The van der Waals surface area contributed by atoms with E-state index in [1.54, 1.807) is 12.3 Å². The van der Waals surface area contributed by atoms with Crippen LogP contribution in [0.25, 0.3) is 11.5 Å². The maximum Gasteiger partial charge on any atom is 0.300 e. The van der Waals surface area contributed by atoms with Gasteiger partial charge in [0.2, 0.25) is 11.8 Å². The molecule has 10 nitrogen and oxygen atoms in total. The Balaban J connectivity index is 0.000000472. The number of carbonyl (C=O) groups is 2. The molecular formula is C19H21N5O5. The first kappa shape index (κ1) is 18.9. The number of aryl methyl sites for hydroxylation is 1. The number of aromatic nitrogens is 3. The Kier molecular flexibility index (Phi) is 5.17. The summed E-state index contributed by atoms with van der Waals surface area (Å²) in [5.74, 6) is -0.127. The molecule has 0 spiro atoms. The minimum absolute atomic E-state index is 0.0963. The van der Waals surface area contributed by atoms with Crippen molar-refractivity contribution in [1.29, 1.82) is 0 Å². The van der Waals surface area contributed by atoms with Crippen molar-refractivity contribution in [2.75, 3.05) is 11.9 Å². The van der Waals surface area contributed by atoms with Gasteiger partial charge in [-0.15, -0.1) is 0 Å². The summed E-state index contributed by atoms with van der Waals surface area (Å²) in [6.07, 6.45) is 2.94. The van der Waals surface area contributed by atoms with Gasteiger partial charge in [0.15, 0.2) is 11.5 Å². The summed E-state index contributed by atoms with van der Waals surface area (Å²) in [7, 11) is 0. The molecule has 0 saturated heterocycles. The molecule has 1 amide bonds. The van der Waals surface area contributed by atoms with Crippen LogP contribution in [0.2, 0.25) is 0 Å². The van der Waals surface area contributed by atoms with Crippen molar-refractivity contribution in [2.24, 2.45) is 0 Å². The van der Waals surface area contributed by atoms with Crippen molar-refractivity contribution in [3.8, 4) is 11.5 Å². The summed E-state index contributed by atoms with van der Waals surface area (Å²) < 4.78 is 12.9. The molecule has 5 rings (SSSR count). The first-order valence-electron chi connectivity index (χ1n) is 9.33. The number of aliphatic carboxylic acids is 1. The van der Waals surface area contributed by atoms with E-state index in [9.17, 15) is 4.79 Å². The number of nitrogens with zero attached hydrogens (tertiary/aromatic N) is 3. The molecule has 0 bridgehead atoms. The van der Waals surface area contributed by atoms with Gasteiger partial charge in [-0.3, -0.25) is 19.6 Å². The molecule has 3 aromatic rings. The molecule has 10 heteroatoms. The lowest BCUT2D eigenvalue weighted by Gasteiger charge is -2.19. The predicted octanol–water partition coefficient (Wildman–Crippen LogP) is 2.19. The normalized spacial score (nSPS) is 18.0. The Morgan fingerprint density at radius 2 is 2.24 bits per heavy atom. The van der Waals surface area contributed by atoms with Gasteiger partial charge in [-0.1, -0.05) is 5.16 Å². The van der Waals surface area contributed by atoms with Crippen LogP contribution < -0.4 is 10.6 Å². The van der Waals surface area contributed by atoms with E-state index >= 15 is 0 Å². The lowest BCUT2D eigenvalue weighted by Crippen LogP contribution is -2.23. The molecule has 0 fully saturated rings. The van der Waals surface area contributed by atoms with E-state index in [0.717, 1.165) is 49.9 Å². The van der Waals surface area contributed by atoms with Crippen molar-refractivity contribution in [2.45, 2.75) is 38.8 Å². The van der Waals surface area contributed by atoms with E-state index in [-0.39, 0.29) is 11.8 Å². The Hall–Kier alpha value is -3.40. The van der Waals surface area contributed by atoms with Crippen LogP contribution in [0.15, 0.2) is 33.4 Å². The first-order chi connectivity index (χ1) is 14.0. The SMILES string of the molecule is CC(=O)O.O=C1CC(c2cc3n(n2)CCCNC3)c2c(-c3ccco3)noc2N1. The predicted molar refractivity (Wildman–Crippen MR) is 101 cm³/mol. The molecule has 0 aliphatic carbocycles. The highest BCUT2D eigenvalue weighted by molar-refractivity contribution is 5.95. The average Bonchev–Trinajstić information content (AvgIpc) is 3.38. The molecule has 1 atom stereocenters. The maximum atomic E-state index is 12.1. The maximum absolute atomic E-state index is 12.1. The number of fused-ring (bicyclic) bond motifs is 2. The number of hydrogen-bond acceptors (Lipinski definition) is 7. The van der Waals surface area contributed by atoms with Crippen molar-refractivity contribution in [3.05, 3.63) is 41.4 Å². The highest BCUT2D eigenvalue weighted by Gasteiger charge is 2.36. The zero-order valence-corrected chi connectivity index (χ0v) is 15.8. The molecule has 3 N–H and O–H groups in total. The molecular weight excluding hydrogens is 378 g/mol. The molecule has 29 heavy (non-hydrogen) atoms. The van der Waals surface area contributed by atoms with Crippen LogP contribution in [0.4, 0.5) is 5.88 Å². The summed E-state index contributed by atoms with van der Waals surface area (Å²) in [4.78, 5) is 21.1. The minimum Gasteiger partial charge on any atom is -0.481 e. The van der Waals surface area contributed by atoms with E-state index in [1.165, 1.54) is 0 Å². The van der Waals surface area contributed by atoms with Gasteiger partial charge in [0.25, 0.3) is 5.97 Å². The van der Waals surface area contributed by atoms with Gasteiger partial charge in [-0.25, -0.2) is 0 Å². The minimum atomic E-state index is -0.833. The van der Waals surface area contributed by atoms with Crippen molar-refractivity contribution in [3.63, 3.8) is 0 Å². The Labute approximate surface area is 165 Å². The number of furan rings is 1. The lowest BCUT2D eigenvalue weighted by molar-refractivity contribution is -0.134. The number of rotatable bonds is 2. The standard InChI is InChI=1S/C17H17N5O3.C2H4O2/c23-14-8-11(12-7-10-9-18-4-2-5-22(10)20-12)15-16(13-3-1-6-24-13)21-25-17(15)19-14;1-2(3)4/h1,3,6-7,11,18H,2,4-5,8-9H2,(H,19,23);1H3,(H,3,4). The molecule has 0 saturated carbocycles. The number of carboxylic acids is 1. The van der Waals surface area contributed by atoms with Crippen molar-refractivity contribution < 1.29 is 23.6 Å². The van der Waals surface area contributed by atoms with Crippen LogP contribution in [0.1, 0.15) is 42.6 Å². The fourth-order valence-electron chi connectivity index (χ4n) is 3.57. The highest BCUT2D eigenvalue weighted by atomic mass is 16.5. The number of carboxylic acid groups (broad SMARTS) is 1. The van der Waals surface area contributed by atoms with E-state index in [1.807, 2.05) is 10.7 Å². The topological polar surface area (TPSA) is 135 Å². The number of anilines is 1. The van der Waals surface area contributed by atoms with Gasteiger partial charge < -0.3 is 19.4 Å². The first-order valence-corrected chi connectivity index (χ1v) is 9.33. The van der Waals surface area contributed by atoms with Gasteiger partial charge in [-0.05, 0) is 31.2 Å². The molecule has 2 aliphatic heterocycles. The molecule has 5 heterocycles. The molecule has 1 unspecified atom stereocenters. The zero-order valence-electron chi connectivity index (χ0n) is 15.8. The van der Waals surface area contributed by atoms with Crippen molar-refractivity contribution >= 4 is 17.8 Å². The van der Waals surface area contributed by atoms with Gasteiger partial charge in [-0.2, -0.15) is 5.10 Å². The van der Waals surface area contributed by atoms with Gasteiger partial charge in [0.1, 0.15) is 0 Å². The smallest absolute Gasteiger partial charge is 0.300 e. The molecule has 2 aliphatic rings. The van der Waals surface area contributed by atoms with Crippen molar-refractivity contribution in [1.82, 2.24) is 20.3 Å². The highest BCUT2D eigenvalue weighted by Crippen LogP contribution is 2.42. The van der Waals surface area contributed by atoms with Crippen LogP contribution in [0.5, 0.6) is 0 Å². The van der Waals surface area contributed by atoms with Crippen LogP contribution in [-0.4, -0.2) is 38.5 Å². The summed E-state index contributed by atoms with van der Waals surface area (Å²) in [6, 6.07) is 5.71. The van der Waals surface area contributed by atoms with E-state index < -0.39 is 5.97 Å². The summed E-state index contributed by atoms with van der Waals surface area (Å²) in [6.45, 7) is 3.74. The third kappa shape index (κ3) is 3.92. The second-order valence-electron chi connectivity index (χ2n) is 6.89. The van der Waals surface area contributed by atoms with Crippen LogP contribution >= 0.6 is 0 Å². The van der Waals surface area contributed by atoms with E-state index in [2.05, 4.69) is 21.9 Å². The molecule has 0 radical (unpaired) electrons. The van der Waals surface area contributed by atoms with Crippen LogP contribution in [-0.2, 0) is 22.7 Å². The second-order valence-corrected chi connectivity index (χ2v) is 6.89.